The fraction of sp³-hybridized carbons (Fsp3) is 0.235. The lowest BCUT2D eigenvalue weighted by Gasteiger charge is -2.35. The number of aromatic nitrogens is 2. The van der Waals surface area contributed by atoms with Gasteiger partial charge in [0.2, 0.25) is 5.82 Å². The molecule has 1 aliphatic heterocycles. The molecule has 0 radical (unpaired) electrons. The molecule has 3 aromatic rings. The van der Waals surface area contributed by atoms with Gasteiger partial charge in [0, 0.05) is 36.9 Å². The molecule has 1 amide bonds. The summed E-state index contributed by atoms with van der Waals surface area (Å²) >= 11 is 7.44. The number of carbonyl (C=O) groups excluding carboxylic acids is 1. The minimum atomic E-state index is -0.217. The van der Waals surface area contributed by atoms with Crippen LogP contribution < -0.4 is 4.90 Å². The van der Waals surface area contributed by atoms with E-state index in [2.05, 4.69) is 15.0 Å². The average molecular weight is 375 g/mol. The van der Waals surface area contributed by atoms with Gasteiger partial charge in [-0.3, -0.25) is 4.79 Å². The molecule has 0 aliphatic carbocycles. The molecule has 3 heterocycles. The van der Waals surface area contributed by atoms with Crippen LogP contribution in [-0.2, 0) is 0 Å². The van der Waals surface area contributed by atoms with Crippen LogP contribution in [0.25, 0.3) is 10.7 Å². The van der Waals surface area contributed by atoms with Gasteiger partial charge in [-0.25, -0.2) is 0 Å². The number of benzene rings is 1. The van der Waals surface area contributed by atoms with Crippen LogP contribution in [0.1, 0.15) is 10.7 Å². The number of amides is 1. The Kier molecular flexibility index (Phi) is 4.42. The number of halogens is 1. The van der Waals surface area contributed by atoms with Crippen molar-refractivity contribution in [1.82, 2.24) is 15.0 Å². The Bertz CT molecular complexity index is 855. The summed E-state index contributed by atoms with van der Waals surface area (Å²) in [5.74, 6) is 0.285. The van der Waals surface area contributed by atoms with E-state index in [-0.39, 0.29) is 11.8 Å². The smallest absolute Gasteiger partial charge is 0.316 e. The average Bonchev–Trinajstić information content (AvgIpc) is 3.33. The maximum Gasteiger partial charge on any atom is 0.316 e. The Hall–Kier alpha value is -2.38. The summed E-state index contributed by atoms with van der Waals surface area (Å²) in [7, 11) is 0. The van der Waals surface area contributed by atoms with E-state index >= 15 is 0 Å². The zero-order valence-electron chi connectivity index (χ0n) is 13.3. The third-order valence-corrected chi connectivity index (χ3v) is 5.23. The topological polar surface area (TPSA) is 62.5 Å². The normalized spacial score (nSPS) is 14.8. The molecule has 128 valence electrons. The summed E-state index contributed by atoms with van der Waals surface area (Å²) in [6.07, 6.45) is 0. The van der Waals surface area contributed by atoms with Gasteiger partial charge < -0.3 is 14.3 Å². The number of nitrogens with zero attached hydrogens (tertiary/aromatic N) is 4. The van der Waals surface area contributed by atoms with Crippen molar-refractivity contribution in [3.63, 3.8) is 0 Å². The summed E-state index contributed by atoms with van der Waals surface area (Å²) in [6.45, 7) is 2.72. The standard InChI is InChI=1S/C17H15ClN4O2S/c18-12-3-5-13(6-4-12)21-7-9-22(10-8-21)17(23)16-19-15(20-24-16)14-2-1-11-25-14/h1-6,11H,7-10H2. The van der Waals surface area contributed by atoms with Crippen molar-refractivity contribution < 1.29 is 9.32 Å². The fourth-order valence-electron chi connectivity index (χ4n) is 2.77. The molecule has 2 aromatic heterocycles. The largest absolute Gasteiger partial charge is 0.368 e. The van der Waals surface area contributed by atoms with Gasteiger partial charge in [-0.2, -0.15) is 4.98 Å². The van der Waals surface area contributed by atoms with Gasteiger partial charge in [0.05, 0.1) is 4.88 Å². The zero-order chi connectivity index (χ0) is 17.2. The highest BCUT2D eigenvalue weighted by atomic mass is 35.5. The Morgan fingerprint density at radius 2 is 1.88 bits per heavy atom. The lowest BCUT2D eigenvalue weighted by Crippen LogP contribution is -2.48. The van der Waals surface area contributed by atoms with Crippen molar-refractivity contribution in [1.29, 1.82) is 0 Å². The van der Waals surface area contributed by atoms with Crippen molar-refractivity contribution in [3.05, 3.63) is 52.7 Å². The van der Waals surface area contributed by atoms with Crippen molar-refractivity contribution in [2.75, 3.05) is 31.1 Å². The second-order valence-electron chi connectivity index (χ2n) is 5.66. The van der Waals surface area contributed by atoms with E-state index in [0.717, 1.165) is 28.7 Å². The molecular weight excluding hydrogens is 360 g/mol. The van der Waals surface area contributed by atoms with E-state index < -0.39 is 0 Å². The zero-order valence-corrected chi connectivity index (χ0v) is 14.8. The fourth-order valence-corrected chi connectivity index (χ4v) is 3.55. The van der Waals surface area contributed by atoms with E-state index in [1.807, 2.05) is 41.8 Å². The van der Waals surface area contributed by atoms with Gasteiger partial charge in [0.1, 0.15) is 0 Å². The molecule has 6 nitrogen and oxygen atoms in total. The van der Waals surface area contributed by atoms with Gasteiger partial charge in [-0.15, -0.1) is 11.3 Å². The first-order valence-corrected chi connectivity index (χ1v) is 9.14. The predicted molar refractivity (Wildman–Crippen MR) is 97.2 cm³/mol. The molecule has 0 bridgehead atoms. The molecule has 0 saturated carbocycles. The van der Waals surface area contributed by atoms with E-state index in [9.17, 15) is 4.79 Å². The van der Waals surface area contributed by atoms with Gasteiger partial charge in [0.25, 0.3) is 0 Å². The summed E-state index contributed by atoms with van der Waals surface area (Å²) in [5, 5.41) is 6.55. The van der Waals surface area contributed by atoms with Crippen LogP contribution in [0, 0.1) is 0 Å². The third kappa shape index (κ3) is 3.38. The van der Waals surface area contributed by atoms with Crippen LogP contribution in [0.2, 0.25) is 5.02 Å². The second-order valence-corrected chi connectivity index (χ2v) is 7.04. The summed E-state index contributed by atoms with van der Waals surface area (Å²) < 4.78 is 5.15. The maximum atomic E-state index is 12.6. The molecule has 0 atom stereocenters. The number of rotatable bonds is 3. The molecular formula is C17H15ClN4O2S. The summed E-state index contributed by atoms with van der Waals surface area (Å²) in [5.41, 5.74) is 1.11. The van der Waals surface area contributed by atoms with Crippen LogP contribution in [0.4, 0.5) is 5.69 Å². The molecule has 0 unspecified atom stereocenters. The Balaban J connectivity index is 1.40. The quantitative estimate of drug-likeness (QED) is 0.703. The second kappa shape index (κ2) is 6.85. The molecule has 1 aromatic carbocycles. The minimum absolute atomic E-state index is 0.0448. The molecule has 1 aliphatic rings. The lowest BCUT2D eigenvalue weighted by atomic mass is 10.2. The van der Waals surface area contributed by atoms with Gasteiger partial charge in [-0.1, -0.05) is 22.8 Å². The van der Waals surface area contributed by atoms with E-state index in [4.69, 9.17) is 16.1 Å². The molecule has 4 rings (SSSR count). The number of piperazine rings is 1. The summed E-state index contributed by atoms with van der Waals surface area (Å²) in [4.78, 5) is 21.7. The highest BCUT2D eigenvalue weighted by molar-refractivity contribution is 7.13. The van der Waals surface area contributed by atoms with E-state index in [1.54, 1.807) is 4.90 Å². The predicted octanol–water partition coefficient (Wildman–Crippen LogP) is 3.41. The SMILES string of the molecule is O=C(c1nc(-c2cccs2)no1)N1CCN(c2ccc(Cl)cc2)CC1. The van der Waals surface area contributed by atoms with Crippen molar-refractivity contribution in [2.24, 2.45) is 0 Å². The molecule has 1 fully saturated rings. The van der Waals surface area contributed by atoms with Crippen LogP contribution in [0.3, 0.4) is 0 Å². The van der Waals surface area contributed by atoms with Crippen LogP contribution in [0.5, 0.6) is 0 Å². The molecule has 0 spiro atoms. The minimum Gasteiger partial charge on any atom is -0.368 e. The van der Waals surface area contributed by atoms with Gasteiger partial charge in [0.15, 0.2) is 0 Å². The van der Waals surface area contributed by atoms with Crippen LogP contribution in [0.15, 0.2) is 46.3 Å². The van der Waals surface area contributed by atoms with E-state index in [0.29, 0.717) is 18.9 Å². The number of hydrogen-bond acceptors (Lipinski definition) is 6. The Morgan fingerprint density at radius 1 is 1.12 bits per heavy atom. The Labute approximate surface area is 153 Å². The van der Waals surface area contributed by atoms with Crippen LogP contribution >= 0.6 is 22.9 Å². The van der Waals surface area contributed by atoms with Crippen molar-refractivity contribution in [3.8, 4) is 10.7 Å². The summed E-state index contributed by atoms with van der Waals surface area (Å²) in [6, 6.07) is 11.5. The first-order chi connectivity index (χ1) is 12.2. The lowest BCUT2D eigenvalue weighted by molar-refractivity contribution is 0.0696. The maximum absolute atomic E-state index is 12.6. The molecule has 8 heteroatoms. The highest BCUT2D eigenvalue weighted by Crippen LogP contribution is 2.23. The number of anilines is 1. The molecule has 1 saturated heterocycles. The first-order valence-electron chi connectivity index (χ1n) is 7.88. The monoisotopic (exact) mass is 374 g/mol. The number of carbonyl (C=O) groups is 1. The first kappa shape index (κ1) is 16.1. The Morgan fingerprint density at radius 3 is 2.56 bits per heavy atom. The molecule has 25 heavy (non-hydrogen) atoms. The highest BCUT2D eigenvalue weighted by Gasteiger charge is 2.26. The van der Waals surface area contributed by atoms with E-state index in [1.165, 1.54) is 11.3 Å². The van der Waals surface area contributed by atoms with Crippen molar-refractivity contribution in [2.45, 2.75) is 0 Å². The van der Waals surface area contributed by atoms with Crippen LogP contribution in [-0.4, -0.2) is 47.1 Å². The van der Waals surface area contributed by atoms with Gasteiger partial charge >= 0.3 is 11.8 Å². The van der Waals surface area contributed by atoms with Crippen molar-refractivity contribution >= 4 is 34.5 Å². The molecule has 0 N–H and O–H groups in total. The third-order valence-electron chi connectivity index (χ3n) is 4.11. The van der Waals surface area contributed by atoms with Gasteiger partial charge in [-0.05, 0) is 35.7 Å². The number of hydrogen-bond donors (Lipinski definition) is 0. The number of thiophene rings is 1.